The Morgan fingerprint density at radius 2 is 2.31 bits per heavy atom. The molecule has 0 radical (unpaired) electrons. The van der Waals surface area contributed by atoms with E-state index in [0.717, 1.165) is 0 Å². The molecule has 1 heterocycles. The van der Waals surface area contributed by atoms with E-state index in [1.807, 2.05) is 17.5 Å². The Morgan fingerprint density at radius 1 is 1.56 bits per heavy atom. The topological polar surface area (TPSA) is 66.4 Å². The van der Waals surface area contributed by atoms with E-state index in [-0.39, 0.29) is 18.4 Å². The van der Waals surface area contributed by atoms with Crippen molar-refractivity contribution in [3.63, 3.8) is 0 Å². The van der Waals surface area contributed by atoms with Crippen LogP contribution in [0.4, 0.5) is 0 Å². The minimum atomic E-state index is -0.897. The maximum Gasteiger partial charge on any atom is 0.305 e. The van der Waals surface area contributed by atoms with Gasteiger partial charge in [-0.3, -0.25) is 9.59 Å². The third-order valence-corrected chi connectivity index (χ3v) is 3.00. The highest BCUT2D eigenvalue weighted by Gasteiger charge is 2.10. The number of carboxylic acids is 1. The summed E-state index contributed by atoms with van der Waals surface area (Å²) in [7, 11) is 0. The van der Waals surface area contributed by atoms with Gasteiger partial charge in [0.2, 0.25) is 5.91 Å². The Hall–Kier alpha value is -1.36. The number of carboxylic acid groups (broad SMARTS) is 1. The van der Waals surface area contributed by atoms with Gasteiger partial charge in [0, 0.05) is 17.3 Å². The summed E-state index contributed by atoms with van der Waals surface area (Å²) in [6.45, 7) is 1.69. The molecule has 0 aliphatic heterocycles. The van der Waals surface area contributed by atoms with Gasteiger partial charge in [-0.05, 0) is 24.8 Å². The molecule has 1 aromatic heterocycles. The predicted molar refractivity (Wildman–Crippen MR) is 62.5 cm³/mol. The Labute approximate surface area is 98.3 Å². The van der Waals surface area contributed by atoms with Gasteiger partial charge in [0.1, 0.15) is 0 Å². The largest absolute Gasteiger partial charge is 0.481 e. The molecule has 1 unspecified atom stereocenters. The maximum absolute atomic E-state index is 11.4. The number of carbonyl (C=O) groups is 2. The van der Waals surface area contributed by atoms with Crippen LogP contribution in [0.5, 0.6) is 0 Å². The second-order valence-electron chi connectivity index (χ2n) is 3.65. The van der Waals surface area contributed by atoms with Crippen LogP contribution in [-0.4, -0.2) is 23.0 Å². The predicted octanol–water partition coefficient (Wildman–Crippen LogP) is 1.66. The van der Waals surface area contributed by atoms with Crippen molar-refractivity contribution < 1.29 is 14.7 Å². The van der Waals surface area contributed by atoms with Crippen LogP contribution >= 0.6 is 11.3 Å². The summed E-state index contributed by atoms with van der Waals surface area (Å²) in [5.74, 6) is -0.992. The summed E-state index contributed by atoms with van der Waals surface area (Å²) < 4.78 is 0. The lowest BCUT2D eigenvalue weighted by Crippen LogP contribution is -2.34. The molecule has 1 aromatic rings. The molecule has 0 bridgehead atoms. The molecule has 1 atom stereocenters. The molecule has 0 aliphatic carbocycles. The SMILES string of the molecule is CC(CC(=O)O)NC(=O)CCc1cccs1. The highest BCUT2D eigenvalue weighted by Crippen LogP contribution is 2.10. The van der Waals surface area contributed by atoms with Gasteiger partial charge in [-0.15, -0.1) is 11.3 Å². The number of aliphatic carboxylic acids is 1. The molecule has 1 amide bonds. The van der Waals surface area contributed by atoms with Gasteiger partial charge in [-0.1, -0.05) is 6.07 Å². The second kappa shape index (κ2) is 6.27. The van der Waals surface area contributed by atoms with Crippen LogP contribution < -0.4 is 5.32 Å². The molecule has 0 aliphatic rings. The highest BCUT2D eigenvalue weighted by molar-refractivity contribution is 7.09. The number of rotatable bonds is 6. The Balaban J connectivity index is 2.23. The molecule has 0 spiro atoms. The lowest BCUT2D eigenvalue weighted by Gasteiger charge is -2.10. The van der Waals surface area contributed by atoms with E-state index < -0.39 is 5.97 Å². The minimum Gasteiger partial charge on any atom is -0.481 e. The van der Waals surface area contributed by atoms with Crippen LogP contribution in [0.3, 0.4) is 0 Å². The molecule has 5 heteroatoms. The van der Waals surface area contributed by atoms with Crippen molar-refractivity contribution in [1.29, 1.82) is 0 Å². The van der Waals surface area contributed by atoms with E-state index in [9.17, 15) is 9.59 Å². The van der Waals surface area contributed by atoms with Crippen molar-refractivity contribution in [2.45, 2.75) is 32.2 Å². The zero-order valence-corrected chi connectivity index (χ0v) is 9.92. The average Bonchev–Trinajstić information content (AvgIpc) is 2.65. The summed E-state index contributed by atoms with van der Waals surface area (Å²) in [5, 5.41) is 13.2. The first-order valence-corrected chi connectivity index (χ1v) is 5.99. The molecule has 16 heavy (non-hydrogen) atoms. The standard InChI is InChI=1S/C11H15NO3S/c1-8(7-11(14)15)12-10(13)5-4-9-3-2-6-16-9/h2-3,6,8H,4-5,7H2,1H3,(H,12,13)(H,14,15). The molecular weight excluding hydrogens is 226 g/mol. The first-order valence-electron chi connectivity index (χ1n) is 5.11. The summed E-state index contributed by atoms with van der Waals surface area (Å²) in [4.78, 5) is 23.0. The number of amides is 1. The van der Waals surface area contributed by atoms with Crippen molar-refractivity contribution >= 4 is 23.2 Å². The zero-order valence-electron chi connectivity index (χ0n) is 9.10. The van der Waals surface area contributed by atoms with E-state index in [4.69, 9.17) is 5.11 Å². The molecule has 88 valence electrons. The molecule has 0 saturated heterocycles. The Morgan fingerprint density at radius 3 is 2.88 bits per heavy atom. The number of carbonyl (C=O) groups excluding carboxylic acids is 1. The highest BCUT2D eigenvalue weighted by atomic mass is 32.1. The summed E-state index contributed by atoms with van der Waals surface area (Å²) in [5.41, 5.74) is 0. The third-order valence-electron chi connectivity index (χ3n) is 2.07. The Bertz CT molecular complexity index is 348. The number of thiophene rings is 1. The molecule has 0 saturated carbocycles. The van der Waals surface area contributed by atoms with E-state index in [1.165, 1.54) is 4.88 Å². The third kappa shape index (κ3) is 4.93. The molecule has 4 nitrogen and oxygen atoms in total. The number of nitrogens with one attached hydrogen (secondary N) is 1. The number of hydrogen-bond donors (Lipinski definition) is 2. The van der Waals surface area contributed by atoms with E-state index in [2.05, 4.69) is 5.32 Å². The van der Waals surface area contributed by atoms with Crippen molar-refractivity contribution in [3.05, 3.63) is 22.4 Å². The van der Waals surface area contributed by atoms with Crippen molar-refractivity contribution in [2.24, 2.45) is 0 Å². The summed E-state index contributed by atoms with van der Waals surface area (Å²) >= 11 is 1.62. The lowest BCUT2D eigenvalue weighted by molar-refractivity contribution is -0.137. The zero-order chi connectivity index (χ0) is 12.0. The van der Waals surface area contributed by atoms with E-state index >= 15 is 0 Å². The fourth-order valence-corrected chi connectivity index (χ4v) is 2.06. The normalized spacial score (nSPS) is 12.1. The van der Waals surface area contributed by atoms with E-state index in [0.29, 0.717) is 12.8 Å². The molecular formula is C11H15NO3S. The maximum atomic E-state index is 11.4. The van der Waals surface area contributed by atoms with Gasteiger partial charge in [0.25, 0.3) is 0 Å². The van der Waals surface area contributed by atoms with Gasteiger partial charge < -0.3 is 10.4 Å². The minimum absolute atomic E-state index is 0.0370. The second-order valence-corrected chi connectivity index (χ2v) is 4.68. The van der Waals surface area contributed by atoms with Crippen LogP contribution in [0.2, 0.25) is 0 Å². The monoisotopic (exact) mass is 241 g/mol. The van der Waals surface area contributed by atoms with Crippen LogP contribution in [-0.2, 0) is 16.0 Å². The van der Waals surface area contributed by atoms with Crippen molar-refractivity contribution in [3.8, 4) is 0 Å². The molecule has 1 rings (SSSR count). The van der Waals surface area contributed by atoms with Gasteiger partial charge >= 0.3 is 5.97 Å². The quantitative estimate of drug-likeness (QED) is 0.796. The van der Waals surface area contributed by atoms with Crippen LogP contribution in [0.1, 0.15) is 24.6 Å². The average molecular weight is 241 g/mol. The van der Waals surface area contributed by atoms with Crippen molar-refractivity contribution in [1.82, 2.24) is 5.32 Å². The summed E-state index contributed by atoms with van der Waals surface area (Å²) in [6.07, 6.45) is 1.08. The first-order chi connectivity index (χ1) is 7.58. The first kappa shape index (κ1) is 12.7. The summed E-state index contributed by atoms with van der Waals surface area (Å²) in [6, 6.07) is 3.62. The molecule has 0 aromatic carbocycles. The number of aryl methyl sites for hydroxylation is 1. The van der Waals surface area contributed by atoms with Gasteiger partial charge in [0.05, 0.1) is 6.42 Å². The van der Waals surface area contributed by atoms with Gasteiger partial charge in [-0.25, -0.2) is 0 Å². The smallest absolute Gasteiger partial charge is 0.305 e. The molecule has 2 N–H and O–H groups in total. The number of hydrogen-bond acceptors (Lipinski definition) is 3. The Kier molecular flexibility index (Phi) is 4.98. The van der Waals surface area contributed by atoms with Gasteiger partial charge in [-0.2, -0.15) is 0 Å². The molecule has 0 fully saturated rings. The van der Waals surface area contributed by atoms with Crippen LogP contribution in [0, 0.1) is 0 Å². The van der Waals surface area contributed by atoms with Crippen LogP contribution in [0.15, 0.2) is 17.5 Å². The van der Waals surface area contributed by atoms with Crippen molar-refractivity contribution in [2.75, 3.05) is 0 Å². The van der Waals surface area contributed by atoms with Gasteiger partial charge in [0.15, 0.2) is 0 Å². The fraction of sp³-hybridized carbons (Fsp3) is 0.455. The van der Waals surface area contributed by atoms with Crippen LogP contribution in [0.25, 0.3) is 0 Å². The fourth-order valence-electron chi connectivity index (χ4n) is 1.35. The lowest BCUT2D eigenvalue weighted by atomic mass is 10.2. The van der Waals surface area contributed by atoms with E-state index in [1.54, 1.807) is 18.3 Å².